The first kappa shape index (κ1) is 55.3. The van der Waals surface area contributed by atoms with E-state index in [0.717, 1.165) is 84.1 Å². The normalized spacial score (nSPS) is 12.0. The lowest BCUT2D eigenvalue weighted by Crippen LogP contribution is -2.31. The fraction of sp³-hybridized carbons (Fsp3) is 0.593. The molecule has 0 spiro atoms. The molecular formula is C54H80O10. The molecule has 64 heavy (non-hydrogen) atoms. The first-order valence-electron chi connectivity index (χ1n) is 24.0. The van der Waals surface area contributed by atoms with Gasteiger partial charge in [0, 0.05) is 25.0 Å². The van der Waals surface area contributed by atoms with E-state index in [1.165, 1.54) is 77.0 Å². The average Bonchev–Trinajstić information content (AvgIpc) is 3.27. The van der Waals surface area contributed by atoms with Gasteiger partial charge in [-0.3, -0.25) is 9.59 Å². The van der Waals surface area contributed by atoms with Crippen molar-refractivity contribution in [3.63, 3.8) is 0 Å². The lowest BCUT2D eigenvalue weighted by molar-refractivity contribution is -0.159. The van der Waals surface area contributed by atoms with Crippen LogP contribution in [0.1, 0.15) is 176 Å². The molecule has 10 nitrogen and oxygen atoms in total. The Labute approximate surface area is 385 Å². The summed E-state index contributed by atoms with van der Waals surface area (Å²) in [4.78, 5) is 49.2. The molecule has 0 aliphatic heterocycles. The number of unbranched alkanes of at least 4 members (excludes halogenated alkanes) is 16. The summed E-state index contributed by atoms with van der Waals surface area (Å²) in [5, 5.41) is 0. The number of ether oxygens (including phenoxy) is 6. The van der Waals surface area contributed by atoms with Crippen molar-refractivity contribution in [1.82, 2.24) is 0 Å². The van der Waals surface area contributed by atoms with E-state index in [4.69, 9.17) is 28.4 Å². The monoisotopic (exact) mass is 889 g/mol. The van der Waals surface area contributed by atoms with E-state index in [9.17, 15) is 19.2 Å². The molecule has 2 aromatic rings. The predicted octanol–water partition coefficient (Wildman–Crippen LogP) is 13.0. The molecule has 0 bridgehead atoms. The van der Waals surface area contributed by atoms with E-state index in [2.05, 4.69) is 27.0 Å². The van der Waals surface area contributed by atoms with Crippen LogP contribution >= 0.6 is 0 Å². The molecule has 0 saturated heterocycles. The molecule has 10 heteroatoms. The van der Waals surface area contributed by atoms with Gasteiger partial charge in [-0.15, -0.1) is 0 Å². The Morgan fingerprint density at radius 3 is 1.06 bits per heavy atom. The van der Waals surface area contributed by atoms with Crippen LogP contribution < -0.4 is 9.47 Å². The Morgan fingerprint density at radius 2 is 0.766 bits per heavy atom. The molecule has 2 rings (SSSR count). The molecule has 2 aromatic carbocycles. The van der Waals surface area contributed by atoms with Gasteiger partial charge in [-0.05, 0) is 98.2 Å². The highest BCUT2D eigenvalue weighted by Gasteiger charge is 2.21. The fourth-order valence-corrected chi connectivity index (χ4v) is 7.51. The number of carbonyl (C=O) groups is 4. The van der Waals surface area contributed by atoms with Gasteiger partial charge in [-0.1, -0.05) is 142 Å². The minimum absolute atomic E-state index is 0.0280. The van der Waals surface area contributed by atoms with Crippen LogP contribution in [0.15, 0.2) is 49.6 Å². The van der Waals surface area contributed by atoms with Gasteiger partial charge in [0.25, 0.3) is 0 Å². The Bertz CT molecular complexity index is 1570. The maximum atomic E-state index is 12.8. The lowest BCUT2D eigenvalue weighted by atomic mass is 10.0. The van der Waals surface area contributed by atoms with Crippen LogP contribution in [0.25, 0.3) is 12.2 Å². The van der Waals surface area contributed by atoms with Gasteiger partial charge in [0.2, 0.25) is 0 Å². The Balaban J connectivity index is 1.99. The number of esters is 4. The molecule has 2 atom stereocenters. The number of rotatable bonds is 36. The van der Waals surface area contributed by atoms with Gasteiger partial charge in [-0.25, -0.2) is 9.59 Å². The molecule has 0 fully saturated rings. The second kappa shape index (κ2) is 33.6. The molecule has 356 valence electrons. The van der Waals surface area contributed by atoms with E-state index < -0.39 is 24.1 Å². The zero-order valence-electron chi connectivity index (χ0n) is 40.2. The third-order valence-corrected chi connectivity index (χ3v) is 11.0. The fourth-order valence-electron chi connectivity index (χ4n) is 7.51. The zero-order valence-corrected chi connectivity index (χ0v) is 40.2. The maximum absolute atomic E-state index is 12.8. The minimum Gasteiger partial charge on any atom is -0.489 e. The molecule has 2 unspecified atom stereocenters. The Hall–Kier alpha value is -4.86. The van der Waals surface area contributed by atoms with Crippen molar-refractivity contribution in [1.29, 1.82) is 0 Å². The highest BCUT2D eigenvalue weighted by molar-refractivity contribution is 5.81. The molecule has 0 heterocycles. The average molecular weight is 889 g/mol. The molecule has 0 amide bonds. The van der Waals surface area contributed by atoms with Crippen molar-refractivity contribution < 1.29 is 47.6 Å². The summed E-state index contributed by atoms with van der Waals surface area (Å²) in [6, 6.07) is 8.09. The van der Waals surface area contributed by atoms with Crippen LogP contribution in [0.2, 0.25) is 0 Å². The summed E-state index contributed by atoms with van der Waals surface area (Å²) in [5.74, 6) is -0.502. The van der Waals surface area contributed by atoms with Crippen molar-refractivity contribution >= 4 is 36.0 Å². The lowest BCUT2D eigenvalue weighted by Gasteiger charge is -2.20. The SMILES string of the molecule is C=CC(=O)OCC(COc1c(C)cc(/C=C/c2cc(C)c(OCC(COC(=O)C=C)OC(=O)CCCCCCCCCCC)c(C)c2)cc1C)OC(=O)CCCCCCCCCCC. The first-order chi connectivity index (χ1) is 30.9. The van der Waals surface area contributed by atoms with Crippen LogP contribution in [0.3, 0.4) is 0 Å². The summed E-state index contributed by atoms with van der Waals surface area (Å²) in [7, 11) is 0. The predicted molar refractivity (Wildman–Crippen MR) is 258 cm³/mol. The van der Waals surface area contributed by atoms with E-state index in [0.29, 0.717) is 24.3 Å². The maximum Gasteiger partial charge on any atom is 0.330 e. The topological polar surface area (TPSA) is 124 Å². The largest absolute Gasteiger partial charge is 0.489 e. The quantitative estimate of drug-likeness (QED) is 0.0215. The number of hydrogen-bond acceptors (Lipinski definition) is 10. The molecule has 0 radical (unpaired) electrons. The third-order valence-electron chi connectivity index (χ3n) is 11.0. The van der Waals surface area contributed by atoms with Crippen LogP contribution in [-0.4, -0.2) is 62.5 Å². The van der Waals surface area contributed by atoms with E-state index >= 15 is 0 Å². The van der Waals surface area contributed by atoms with Gasteiger partial charge in [0.15, 0.2) is 12.2 Å². The standard InChI is InChI=1S/C54H80O10/c1-9-13-15-17-19-21-23-25-27-29-51(57)63-47(37-59-49(55)11-3)39-61-53-41(5)33-45(34-42(53)6)31-32-46-35-43(7)54(44(8)36-46)62-40-48(38-60-50(56)12-4)64-52(58)30-28-26-24-22-20-18-16-14-10-2/h11-12,31-36,47-48H,3-4,9-10,13-30,37-40H2,1-2,5-8H3/b32-31+. The summed E-state index contributed by atoms with van der Waals surface area (Å²) >= 11 is 0. The van der Waals surface area contributed by atoms with Gasteiger partial charge >= 0.3 is 23.9 Å². The summed E-state index contributed by atoms with van der Waals surface area (Å²) in [5.41, 5.74) is 5.56. The Kier molecular flexibility index (Phi) is 29.0. The molecule has 0 aliphatic rings. The van der Waals surface area contributed by atoms with Crippen LogP contribution in [0.5, 0.6) is 11.5 Å². The van der Waals surface area contributed by atoms with Gasteiger partial charge in [0.1, 0.15) is 37.9 Å². The van der Waals surface area contributed by atoms with Crippen molar-refractivity contribution in [2.75, 3.05) is 26.4 Å². The zero-order chi connectivity index (χ0) is 47.0. The molecule has 0 saturated carbocycles. The van der Waals surface area contributed by atoms with Gasteiger partial charge < -0.3 is 28.4 Å². The number of benzene rings is 2. The smallest absolute Gasteiger partial charge is 0.330 e. The highest BCUT2D eigenvalue weighted by atomic mass is 16.6. The van der Waals surface area contributed by atoms with Crippen LogP contribution in [0.4, 0.5) is 0 Å². The summed E-state index contributed by atoms with van der Waals surface area (Å²) in [6.07, 6.45) is 26.0. The third kappa shape index (κ3) is 24.3. The second-order valence-corrected chi connectivity index (χ2v) is 17.0. The molecule has 0 aliphatic carbocycles. The number of hydrogen-bond donors (Lipinski definition) is 0. The van der Waals surface area contributed by atoms with Crippen molar-refractivity contribution in [3.8, 4) is 11.5 Å². The minimum atomic E-state index is -0.767. The Morgan fingerprint density at radius 1 is 0.469 bits per heavy atom. The van der Waals surface area contributed by atoms with Crippen molar-refractivity contribution in [3.05, 3.63) is 83.0 Å². The van der Waals surface area contributed by atoms with Gasteiger partial charge in [0.05, 0.1) is 0 Å². The number of aryl methyl sites for hydroxylation is 4. The van der Waals surface area contributed by atoms with Crippen LogP contribution in [-0.2, 0) is 38.1 Å². The summed E-state index contributed by atoms with van der Waals surface area (Å²) < 4.78 is 34.3. The first-order valence-corrected chi connectivity index (χ1v) is 24.0. The van der Waals surface area contributed by atoms with E-state index in [1.54, 1.807) is 0 Å². The molecular weight excluding hydrogens is 809 g/mol. The van der Waals surface area contributed by atoms with Crippen molar-refractivity contribution in [2.45, 2.75) is 182 Å². The summed E-state index contributed by atoms with van der Waals surface area (Å²) in [6.45, 7) is 19.0. The van der Waals surface area contributed by atoms with Gasteiger partial charge in [-0.2, -0.15) is 0 Å². The second-order valence-electron chi connectivity index (χ2n) is 17.0. The number of carbonyl (C=O) groups excluding carboxylic acids is 4. The molecule has 0 aromatic heterocycles. The van der Waals surface area contributed by atoms with E-state index in [-0.39, 0.29) is 38.4 Å². The molecule has 0 N–H and O–H groups in total. The highest BCUT2D eigenvalue weighted by Crippen LogP contribution is 2.29. The van der Waals surface area contributed by atoms with Crippen LogP contribution in [0, 0.1) is 27.7 Å². The van der Waals surface area contributed by atoms with Crippen molar-refractivity contribution in [2.24, 2.45) is 0 Å². The van der Waals surface area contributed by atoms with E-state index in [1.807, 2.05) is 64.1 Å².